The van der Waals surface area contributed by atoms with Crippen molar-refractivity contribution < 1.29 is 9.21 Å². The van der Waals surface area contributed by atoms with E-state index >= 15 is 0 Å². The van der Waals surface area contributed by atoms with E-state index in [-0.39, 0.29) is 11.2 Å². The van der Waals surface area contributed by atoms with Gasteiger partial charge in [-0.15, -0.1) is 22.0 Å². The van der Waals surface area contributed by atoms with Gasteiger partial charge in [0.15, 0.2) is 11.0 Å². The fourth-order valence-electron chi connectivity index (χ4n) is 3.08. The molecule has 32 heavy (non-hydrogen) atoms. The lowest BCUT2D eigenvalue weighted by molar-refractivity contribution is -0.115. The van der Waals surface area contributed by atoms with Crippen LogP contribution in [0, 0.1) is 0 Å². The highest BCUT2D eigenvalue weighted by Gasteiger charge is 2.22. The molecule has 2 aromatic heterocycles. The number of rotatable bonds is 8. The maximum atomic E-state index is 12.9. The molecule has 0 saturated heterocycles. The zero-order valence-electron chi connectivity index (χ0n) is 17.5. The number of amides is 1. The molecule has 9 heteroatoms. The van der Waals surface area contributed by atoms with Crippen molar-refractivity contribution in [2.24, 2.45) is 0 Å². The number of thioether (sulfide) groups is 2. The minimum absolute atomic E-state index is 0.0999. The Labute approximate surface area is 199 Å². The lowest BCUT2D eigenvalue weighted by Gasteiger charge is -2.14. The van der Waals surface area contributed by atoms with E-state index in [4.69, 9.17) is 16.0 Å². The van der Waals surface area contributed by atoms with E-state index in [1.54, 1.807) is 18.0 Å². The third-order valence-electron chi connectivity index (χ3n) is 4.73. The minimum atomic E-state index is -0.387. The van der Waals surface area contributed by atoms with Gasteiger partial charge < -0.3 is 9.73 Å². The number of hydrogen-bond acceptors (Lipinski definition) is 6. The fourth-order valence-corrected chi connectivity index (χ4v) is 4.61. The smallest absolute Gasteiger partial charge is 0.237 e. The molecule has 1 amide bonds. The zero-order valence-corrected chi connectivity index (χ0v) is 19.9. The average Bonchev–Trinajstić information content (AvgIpc) is 3.45. The molecule has 1 atom stereocenters. The average molecular weight is 485 g/mol. The van der Waals surface area contributed by atoms with Crippen LogP contribution in [0.5, 0.6) is 0 Å². The van der Waals surface area contributed by atoms with E-state index in [1.807, 2.05) is 78.4 Å². The molecule has 4 aromatic rings. The first-order chi connectivity index (χ1) is 15.5. The molecule has 0 fully saturated rings. The summed E-state index contributed by atoms with van der Waals surface area (Å²) in [4.78, 5) is 13.9. The summed E-state index contributed by atoms with van der Waals surface area (Å²) < 4.78 is 7.49. The first-order valence-electron chi connectivity index (χ1n) is 9.87. The van der Waals surface area contributed by atoms with Gasteiger partial charge >= 0.3 is 0 Å². The van der Waals surface area contributed by atoms with E-state index in [1.165, 1.54) is 11.8 Å². The second kappa shape index (κ2) is 10.3. The molecule has 4 rings (SSSR count). The number of halogens is 1. The Kier molecular flexibility index (Phi) is 7.24. The summed E-state index contributed by atoms with van der Waals surface area (Å²) in [6.45, 7) is 2.31. The van der Waals surface area contributed by atoms with E-state index in [0.29, 0.717) is 22.5 Å². The van der Waals surface area contributed by atoms with Gasteiger partial charge in [0.2, 0.25) is 5.91 Å². The van der Waals surface area contributed by atoms with E-state index in [0.717, 1.165) is 21.9 Å². The van der Waals surface area contributed by atoms with Crippen molar-refractivity contribution in [1.29, 1.82) is 0 Å². The molecular weight excluding hydrogens is 464 g/mol. The standard InChI is InChI=1S/C23H21ClN4O2S2/c1-15(22(29)25-19-7-3-4-8-20(19)31-2)32-23-27-26-21(16-9-11-17(24)12-10-16)28(23)14-18-6-5-13-30-18/h3-13,15H,14H2,1-2H3,(H,25,29). The summed E-state index contributed by atoms with van der Waals surface area (Å²) in [5.74, 6) is 1.35. The SMILES string of the molecule is CSc1ccccc1NC(=O)C(C)Sc1nnc(-c2ccc(Cl)cc2)n1Cc1ccco1. The van der Waals surface area contributed by atoms with Crippen molar-refractivity contribution in [1.82, 2.24) is 14.8 Å². The number of anilines is 1. The van der Waals surface area contributed by atoms with Gasteiger partial charge in [-0.25, -0.2) is 0 Å². The molecule has 2 aromatic carbocycles. The maximum Gasteiger partial charge on any atom is 0.237 e. The summed E-state index contributed by atoms with van der Waals surface area (Å²) in [5, 5.41) is 12.7. The van der Waals surface area contributed by atoms with Crippen molar-refractivity contribution in [2.45, 2.75) is 28.8 Å². The predicted molar refractivity (Wildman–Crippen MR) is 130 cm³/mol. The Balaban J connectivity index is 1.58. The van der Waals surface area contributed by atoms with Gasteiger partial charge in [-0.1, -0.05) is 35.5 Å². The number of para-hydroxylation sites is 1. The summed E-state index contributed by atoms with van der Waals surface area (Å²) in [6.07, 6.45) is 3.62. The first-order valence-corrected chi connectivity index (χ1v) is 12.4. The van der Waals surface area contributed by atoms with Gasteiger partial charge in [0.1, 0.15) is 5.76 Å². The number of aromatic nitrogens is 3. The van der Waals surface area contributed by atoms with Crippen molar-refractivity contribution in [2.75, 3.05) is 11.6 Å². The number of carbonyl (C=O) groups excluding carboxylic acids is 1. The molecule has 1 unspecified atom stereocenters. The van der Waals surface area contributed by atoms with Crippen LogP contribution in [0.2, 0.25) is 5.02 Å². The lowest BCUT2D eigenvalue weighted by Crippen LogP contribution is -2.23. The Morgan fingerprint density at radius 1 is 1.12 bits per heavy atom. The number of carbonyl (C=O) groups is 1. The summed E-state index contributed by atoms with van der Waals surface area (Å²) in [7, 11) is 0. The third kappa shape index (κ3) is 5.20. The number of benzene rings is 2. The Morgan fingerprint density at radius 3 is 2.62 bits per heavy atom. The van der Waals surface area contributed by atoms with Crippen LogP contribution in [0.4, 0.5) is 5.69 Å². The van der Waals surface area contributed by atoms with Gasteiger partial charge in [0.25, 0.3) is 0 Å². The Morgan fingerprint density at radius 2 is 1.91 bits per heavy atom. The highest BCUT2D eigenvalue weighted by Crippen LogP contribution is 2.30. The van der Waals surface area contributed by atoms with Gasteiger partial charge in [0, 0.05) is 15.5 Å². The molecular formula is C23H21ClN4O2S2. The quantitative estimate of drug-likeness (QED) is 0.305. The Hall–Kier alpha value is -2.68. The van der Waals surface area contributed by atoms with Crippen LogP contribution in [0.15, 0.2) is 81.4 Å². The molecule has 0 aliphatic rings. The predicted octanol–water partition coefficient (Wildman–Crippen LogP) is 6.08. The molecule has 0 aliphatic carbocycles. The minimum Gasteiger partial charge on any atom is -0.467 e. The van der Waals surface area contributed by atoms with Crippen LogP contribution in [0.25, 0.3) is 11.4 Å². The maximum absolute atomic E-state index is 12.9. The van der Waals surface area contributed by atoms with Crippen LogP contribution >= 0.6 is 35.1 Å². The van der Waals surface area contributed by atoms with Gasteiger partial charge in [-0.2, -0.15) is 0 Å². The fraction of sp³-hybridized carbons (Fsp3) is 0.174. The summed E-state index contributed by atoms with van der Waals surface area (Å²) in [5.41, 5.74) is 1.68. The summed E-state index contributed by atoms with van der Waals surface area (Å²) in [6, 6.07) is 18.9. The highest BCUT2D eigenvalue weighted by molar-refractivity contribution is 8.00. The zero-order chi connectivity index (χ0) is 22.5. The van der Waals surface area contributed by atoms with E-state index in [9.17, 15) is 4.79 Å². The first kappa shape index (κ1) is 22.5. The molecule has 0 aliphatic heterocycles. The molecule has 6 nitrogen and oxygen atoms in total. The van der Waals surface area contributed by atoms with Gasteiger partial charge in [-0.05, 0) is 61.7 Å². The van der Waals surface area contributed by atoms with Gasteiger partial charge in [-0.3, -0.25) is 9.36 Å². The van der Waals surface area contributed by atoms with Crippen molar-refractivity contribution >= 4 is 46.7 Å². The third-order valence-corrected chi connectivity index (χ3v) is 6.86. The number of furan rings is 1. The monoisotopic (exact) mass is 484 g/mol. The van der Waals surface area contributed by atoms with E-state index in [2.05, 4.69) is 15.5 Å². The molecule has 0 spiro atoms. The number of nitrogens with one attached hydrogen (secondary N) is 1. The normalized spacial score (nSPS) is 12.0. The van der Waals surface area contributed by atoms with Crippen molar-refractivity contribution in [3.8, 4) is 11.4 Å². The van der Waals surface area contributed by atoms with E-state index < -0.39 is 0 Å². The van der Waals surface area contributed by atoms with Crippen LogP contribution in [-0.4, -0.2) is 32.2 Å². The molecule has 2 heterocycles. The summed E-state index contributed by atoms with van der Waals surface area (Å²) >= 11 is 8.99. The number of nitrogens with zero attached hydrogens (tertiary/aromatic N) is 3. The molecule has 0 radical (unpaired) electrons. The van der Waals surface area contributed by atoms with Crippen molar-refractivity contribution in [3.63, 3.8) is 0 Å². The topological polar surface area (TPSA) is 73.0 Å². The van der Waals surface area contributed by atoms with Crippen molar-refractivity contribution in [3.05, 3.63) is 77.7 Å². The molecule has 1 N–H and O–H groups in total. The molecule has 0 bridgehead atoms. The molecule has 164 valence electrons. The molecule has 0 saturated carbocycles. The highest BCUT2D eigenvalue weighted by atomic mass is 35.5. The van der Waals surface area contributed by atoms with Crippen LogP contribution < -0.4 is 5.32 Å². The largest absolute Gasteiger partial charge is 0.467 e. The van der Waals surface area contributed by atoms with Crippen LogP contribution in [0.1, 0.15) is 12.7 Å². The van der Waals surface area contributed by atoms with Crippen LogP contribution in [-0.2, 0) is 11.3 Å². The number of hydrogen-bond donors (Lipinski definition) is 1. The lowest BCUT2D eigenvalue weighted by atomic mass is 10.2. The Bertz CT molecular complexity index is 1190. The van der Waals surface area contributed by atoms with Gasteiger partial charge in [0.05, 0.1) is 23.7 Å². The second-order valence-corrected chi connectivity index (χ2v) is 9.52. The van der Waals surface area contributed by atoms with Crippen LogP contribution in [0.3, 0.4) is 0 Å². The second-order valence-electron chi connectivity index (χ2n) is 6.93.